The van der Waals surface area contributed by atoms with Crippen LogP contribution in [0.5, 0.6) is 0 Å². The first-order valence-corrected chi connectivity index (χ1v) is 8.66. The molecule has 0 spiro atoms. The van der Waals surface area contributed by atoms with Gasteiger partial charge in [0, 0.05) is 0 Å². The zero-order chi connectivity index (χ0) is 11.8. The molecule has 0 aromatic carbocycles. The van der Waals surface area contributed by atoms with E-state index in [1.807, 2.05) is 0 Å². The van der Waals surface area contributed by atoms with Crippen molar-refractivity contribution in [2.75, 3.05) is 6.61 Å². The molecule has 0 aliphatic heterocycles. The summed E-state index contributed by atoms with van der Waals surface area (Å²) in [6.45, 7) is 3.92. The zero-order valence-electron chi connectivity index (χ0n) is 10.2. The van der Waals surface area contributed by atoms with Crippen molar-refractivity contribution in [1.82, 2.24) is 0 Å². The first-order chi connectivity index (χ1) is 7.83. The Kier molecular flexibility index (Phi) is 6.71. The van der Waals surface area contributed by atoms with Crippen LogP contribution in [0.1, 0.15) is 26.7 Å². The van der Waals surface area contributed by atoms with Gasteiger partial charge in [-0.25, -0.2) is 0 Å². The average molecular weight is 252 g/mol. The first-order valence-electron chi connectivity index (χ1n) is 5.99. The van der Waals surface area contributed by atoms with E-state index < -0.39 is 17.9 Å². The Labute approximate surface area is 105 Å². The van der Waals surface area contributed by atoms with Crippen LogP contribution in [0, 0.1) is 0 Å². The van der Waals surface area contributed by atoms with E-state index in [4.69, 9.17) is 5.11 Å². The van der Waals surface area contributed by atoms with Crippen LogP contribution >= 0.6 is 0 Å². The van der Waals surface area contributed by atoms with Gasteiger partial charge in [0.25, 0.3) is 0 Å². The molecular formula is C14H20OTi. The molecule has 0 amide bonds. The maximum atomic E-state index is 8.93. The Morgan fingerprint density at radius 1 is 1.06 bits per heavy atom. The van der Waals surface area contributed by atoms with E-state index in [9.17, 15) is 0 Å². The number of allylic oxidation sites excluding steroid dienone is 8. The molecule has 0 radical (unpaired) electrons. The molecule has 0 aromatic heterocycles. The number of hydrogen-bond acceptors (Lipinski definition) is 1. The van der Waals surface area contributed by atoms with Gasteiger partial charge >= 0.3 is 86.6 Å². The number of hydrogen-bond donors (Lipinski definition) is 0. The molecule has 0 atom stereocenters. The van der Waals surface area contributed by atoms with Crippen LogP contribution in [0.4, 0.5) is 0 Å². The van der Waals surface area contributed by atoms with Gasteiger partial charge < -0.3 is 5.11 Å². The minimum absolute atomic E-state index is 0. The van der Waals surface area contributed by atoms with Crippen molar-refractivity contribution in [3.8, 4) is 0 Å². The molecule has 2 aliphatic carbocycles. The Bertz CT molecular complexity index is 294. The Balaban J connectivity index is 0.000000386. The molecule has 0 saturated carbocycles. The van der Waals surface area contributed by atoms with Gasteiger partial charge in [0.2, 0.25) is 0 Å². The predicted molar refractivity (Wildman–Crippen MR) is 64.7 cm³/mol. The third-order valence-electron chi connectivity index (χ3n) is 2.67. The molecule has 2 rings (SSSR count). The fraction of sp³-hybridized carbons (Fsp3) is 0.429. The monoisotopic (exact) mass is 252 g/mol. The third kappa shape index (κ3) is 3.90. The van der Waals surface area contributed by atoms with Crippen LogP contribution < -0.4 is 5.11 Å². The Morgan fingerprint density at radius 3 is 1.75 bits per heavy atom. The minimum atomic E-state index is -1.00. The molecule has 2 aliphatic rings. The van der Waals surface area contributed by atoms with Crippen LogP contribution in [0.25, 0.3) is 0 Å². The Hall–Kier alpha value is -0.366. The number of rotatable bonds is 3. The van der Waals surface area contributed by atoms with E-state index in [-0.39, 0.29) is 6.61 Å². The molecule has 1 nitrogen and oxygen atoms in total. The molecule has 0 N–H and O–H groups in total. The molecule has 0 bridgehead atoms. The normalized spacial score (nSPS) is 16.7. The quantitative estimate of drug-likeness (QED) is 0.708. The summed E-state index contributed by atoms with van der Waals surface area (Å²) in [4.78, 5) is 0. The SMILES string of the molecule is CC[O-].C[CH2][Ti+]([C]1=CC=CC1)[C]1=CC=CC1. The summed E-state index contributed by atoms with van der Waals surface area (Å²) >= 11 is -1.00. The van der Waals surface area contributed by atoms with E-state index in [0.717, 1.165) is 0 Å². The molecule has 2 heteroatoms. The first kappa shape index (κ1) is 13.7. The van der Waals surface area contributed by atoms with Crippen molar-refractivity contribution in [2.24, 2.45) is 0 Å². The summed E-state index contributed by atoms with van der Waals surface area (Å²) in [6.07, 6.45) is 16.2. The second-order valence-corrected chi connectivity index (χ2v) is 8.37. The molecule has 16 heavy (non-hydrogen) atoms. The van der Waals surface area contributed by atoms with Crippen molar-refractivity contribution < 1.29 is 23.0 Å². The van der Waals surface area contributed by atoms with Gasteiger partial charge in [-0.3, -0.25) is 0 Å². The summed E-state index contributed by atoms with van der Waals surface area (Å²) < 4.78 is 4.93. The summed E-state index contributed by atoms with van der Waals surface area (Å²) in [5.41, 5.74) is 0. The molecule has 0 heterocycles. The van der Waals surface area contributed by atoms with Gasteiger partial charge in [-0.05, 0) is 0 Å². The van der Waals surface area contributed by atoms with Crippen LogP contribution in [0.3, 0.4) is 0 Å². The fourth-order valence-electron chi connectivity index (χ4n) is 2.00. The fourth-order valence-corrected chi connectivity index (χ4v) is 6.13. The predicted octanol–water partition coefficient (Wildman–Crippen LogP) is 3.10. The summed E-state index contributed by atoms with van der Waals surface area (Å²) in [5, 5.41) is 8.93. The van der Waals surface area contributed by atoms with Gasteiger partial charge in [0.1, 0.15) is 0 Å². The summed E-state index contributed by atoms with van der Waals surface area (Å²) in [6, 6.07) is 0. The van der Waals surface area contributed by atoms with Crippen molar-refractivity contribution in [2.45, 2.75) is 31.4 Å². The van der Waals surface area contributed by atoms with Crippen molar-refractivity contribution in [3.05, 3.63) is 44.2 Å². The van der Waals surface area contributed by atoms with Crippen LogP contribution in [0.2, 0.25) is 4.73 Å². The van der Waals surface area contributed by atoms with Crippen molar-refractivity contribution >= 4 is 0 Å². The summed E-state index contributed by atoms with van der Waals surface area (Å²) in [7, 11) is 0. The van der Waals surface area contributed by atoms with Crippen LogP contribution in [0.15, 0.2) is 44.2 Å². The van der Waals surface area contributed by atoms with Crippen molar-refractivity contribution in [3.63, 3.8) is 0 Å². The van der Waals surface area contributed by atoms with E-state index >= 15 is 0 Å². The van der Waals surface area contributed by atoms with Crippen LogP contribution in [-0.4, -0.2) is 6.61 Å². The van der Waals surface area contributed by atoms with Gasteiger partial charge in [-0.2, -0.15) is 0 Å². The molecule has 0 saturated heterocycles. The second kappa shape index (κ2) is 7.83. The van der Waals surface area contributed by atoms with E-state index in [1.165, 1.54) is 17.6 Å². The van der Waals surface area contributed by atoms with Crippen molar-refractivity contribution in [1.29, 1.82) is 0 Å². The van der Waals surface area contributed by atoms with E-state index in [2.05, 4.69) is 43.4 Å². The van der Waals surface area contributed by atoms with E-state index in [1.54, 1.807) is 14.7 Å². The average Bonchev–Trinajstić information content (AvgIpc) is 2.92. The Morgan fingerprint density at radius 2 is 1.50 bits per heavy atom. The maximum absolute atomic E-state index is 8.93. The van der Waals surface area contributed by atoms with Gasteiger partial charge in [0.05, 0.1) is 0 Å². The van der Waals surface area contributed by atoms with Gasteiger partial charge in [-0.1, -0.05) is 6.92 Å². The molecule has 0 aromatic rings. The van der Waals surface area contributed by atoms with E-state index in [0.29, 0.717) is 0 Å². The third-order valence-corrected chi connectivity index (χ3v) is 7.35. The molecule has 0 unspecified atom stereocenters. The summed E-state index contributed by atoms with van der Waals surface area (Å²) in [5.74, 6) is 0. The molecule has 86 valence electrons. The second-order valence-electron chi connectivity index (χ2n) is 3.77. The van der Waals surface area contributed by atoms with Gasteiger partial charge in [0.15, 0.2) is 0 Å². The molecular weight excluding hydrogens is 232 g/mol. The molecule has 0 fully saturated rings. The zero-order valence-corrected chi connectivity index (χ0v) is 11.8. The standard InChI is InChI=1S/2C5H5.C2H5O.C2H5.Ti/c2*1-2-4-5-3-1;1-2-3;1-2;/h2*1-3H,4H2;2H2,1H3;1H2,2H3;/q;;-1;;+1. The topological polar surface area (TPSA) is 23.1 Å². The van der Waals surface area contributed by atoms with Crippen LogP contribution in [-0.2, 0) is 17.9 Å². The van der Waals surface area contributed by atoms with Gasteiger partial charge in [-0.15, -0.1) is 6.61 Å².